The van der Waals surface area contributed by atoms with Crippen molar-refractivity contribution in [2.24, 2.45) is 0 Å². The molecular formula is C17H28NO2+. The quantitative estimate of drug-likeness (QED) is 0.393. The SMILES string of the molecule is CCCCCC(=O)OCC[N+](C)(C)Cc1ccccc1. The highest BCUT2D eigenvalue weighted by Gasteiger charge is 2.16. The molecule has 0 N–H and O–H groups in total. The van der Waals surface area contributed by atoms with E-state index in [1.165, 1.54) is 5.56 Å². The van der Waals surface area contributed by atoms with Crippen molar-refractivity contribution >= 4 is 5.97 Å². The third-order valence-electron chi connectivity index (χ3n) is 3.40. The molecule has 3 nitrogen and oxygen atoms in total. The molecule has 1 rings (SSSR count). The molecule has 0 aliphatic heterocycles. The van der Waals surface area contributed by atoms with E-state index in [0.717, 1.165) is 36.8 Å². The lowest BCUT2D eigenvalue weighted by Crippen LogP contribution is -2.41. The second-order valence-corrected chi connectivity index (χ2v) is 5.98. The van der Waals surface area contributed by atoms with Gasteiger partial charge in [0, 0.05) is 12.0 Å². The normalized spacial score (nSPS) is 11.3. The fraction of sp³-hybridized carbons (Fsp3) is 0.588. The number of likely N-dealkylation sites (N-methyl/N-ethyl adjacent to an activating group) is 1. The maximum Gasteiger partial charge on any atom is 0.305 e. The molecule has 0 aromatic heterocycles. The summed E-state index contributed by atoms with van der Waals surface area (Å²) in [6, 6.07) is 10.4. The Morgan fingerprint density at radius 3 is 2.50 bits per heavy atom. The van der Waals surface area contributed by atoms with Gasteiger partial charge >= 0.3 is 5.97 Å². The van der Waals surface area contributed by atoms with Crippen LogP contribution in [0.3, 0.4) is 0 Å². The Morgan fingerprint density at radius 1 is 1.15 bits per heavy atom. The molecule has 3 heteroatoms. The van der Waals surface area contributed by atoms with E-state index in [0.29, 0.717) is 13.0 Å². The number of esters is 1. The Morgan fingerprint density at radius 2 is 1.85 bits per heavy atom. The number of carbonyl (C=O) groups is 1. The van der Waals surface area contributed by atoms with Gasteiger partial charge in [0.05, 0.1) is 14.1 Å². The minimum Gasteiger partial charge on any atom is -0.460 e. The third kappa shape index (κ3) is 7.29. The van der Waals surface area contributed by atoms with Crippen LogP contribution in [-0.4, -0.2) is 37.7 Å². The van der Waals surface area contributed by atoms with Crippen LogP contribution >= 0.6 is 0 Å². The first-order valence-electron chi connectivity index (χ1n) is 7.55. The van der Waals surface area contributed by atoms with Crippen LogP contribution in [0.5, 0.6) is 0 Å². The zero-order valence-electron chi connectivity index (χ0n) is 13.1. The molecule has 112 valence electrons. The van der Waals surface area contributed by atoms with E-state index in [-0.39, 0.29) is 5.97 Å². The fourth-order valence-electron chi connectivity index (χ4n) is 2.15. The lowest BCUT2D eigenvalue weighted by atomic mass is 10.2. The monoisotopic (exact) mass is 278 g/mol. The molecule has 0 radical (unpaired) electrons. The largest absolute Gasteiger partial charge is 0.460 e. The Hall–Kier alpha value is -1.35. The molecular weight excluding hydrogens is 250 g/mol. The number of quaternary nitrogens is 1. The number of nitrogens with zero attached hydrogens (tertiary/aromatic N) is 1. The number of carbonyl (C=O) groups excluding carboxylic acids is 1. The first-order chi connectivity index (χ1) is 9.53. The first kappa shape index (κ1) is 16.7. The van der Waals surface area contributed by atoms with Gasteiger partial charge in [0.2, 0.25) is 0 Å². The third-order valence-corrected chi connectivity index (χ3v) is 3.40. The van der Waals surface area contributed by atoms with Gasteiger partial charge in [-0.1, -0.05) is 50.1 Å². The maximum absolute atomic E-state index is 11.5. The molecule has 1 aromatic rings. The number of unbranched alkanes of at least 4 members (excludes halogenated alkanes) is 2. The molecule has 0 aliphatic carbocycles. The predicted octanol–water partition coefficient (Wildman–Crippen LogP) is 3.39. The van der Waals surface area contributed by atoms with Crippen molar-refractivity contribution in [2.75, 3.05) is 27.2 Å². The number of ether oxygens (including phenoxy) is 1. The first-order valence-corrected chi connectivity index (χ1v) is 7.55. The summed E-state index contributed by atoms with van der Waals surface area (Å²) in [7, 11) is 4.33. The van der Waals surface area contributed by atoms with E-state index in [1.807, 2.05) is 6.07 Å². The van der Waals surface area contributed by atoms with Crippen molar-refractivity contribution in [3.63, 3.8) is 0 Å². The topological polar surface area (TPSA) is 26.3 Å². The standard InChI is InChI=1S/C17H28NO2/c1-4-5-7-12-17(19)20-14-13-18(2,3)15-16-10-8-6-9-11-16/h6,8-11H,4-5,7,12-15H2,1-3H3/q+1. The van der Waals surface area contributed by atoms with Crippen LogP contribution in [0.15, 0.2) is 30.3 Å². The summed E-state index contributed by atoms with van der Waals surface area (Å²) >= 11 is 0. The van der Waals surface area contributed by atoms with Crippen molar-refractivity contribution < 1.29 is 14.0 Å². The van der Waals surface area contributed by atoms with Gasteiger partial charge in [-0.25, -0.2) is 0 Å². The molecule has 0 bridgehead atoms. The van der Waals surface area contributed by atoms with E-state index in [4.69, 9.17) is 4.74 Å². The Bertz CT molecular complexity index is 387. The van der Waals surface area contributed by atoms with E-state index < -0.39 is 0 Å². The second kappa shape index (κ2) is 8.75. The number of rotatable bonds is 9. The van der Waals surface area contributed by atoms with Gasteiger partial charge < -0.3 is 9.22 Å². The summed E-state index contributed by atoms with van der Waals surface area (Å²) in [5, 5.41) is 0. The Kier molecular flexibility index (Phi) is 7.31. The van der Waals surface area contributed by atoms with Crippen LogP contribution in [0.2, 0.25) is 0 Å². The van der Waals surface area contributed by atoms with Crippen molar-refractivity contribution in [2.45, 2.75) is 39.2 Å². The maximum atomic E-state index is 11.5. The summed E-state index contributed by atoms with van der Waals surface area (Å²) in [4.78, 5) is 11.5. The molecule has 0 heterocycles. The van der Waals surface area contributed by atoms with Crippen LogP contribution in [0.1, 0.15) is 38.2 Å². The summed E-state index contributed by atoms with van der Waals surface area (Å²) in [6.07, 6.45) is 3.73. The predicted molar refractivity (Wildman–Crippen MR) is 82.2 cm³/mol. The zero-order chi connectivity index (χ0) is 14.8. The highest BCUT2D eigenvalue weighted by Crippen LogP contribution is 2.09. The number of hydrogen-bond acceptors (Lipinski definition) is 2. The summed E-state index contributed by atoms with van der Waals surface area (Å²) in [6.45, 7) is 4.43. The smallest absolute Gasteiger partial charge is 0.305 e. The average molecular weight is 278 g/mol. The van der Waals surface area contributed by atoms with Gasteiger partial charge in [-0.05, 0) is 6.42 Å². The van der Waals surface area contributed by atoms with E-state index in [9.17, 15) is 4.79 Å². The van der Waals surface area contributed by atoms with Crippen LogP contribution in [-0.2, 0) is 16.1 Å². The van der Waals surface area contributed by atoms with Crippen LogP contribution in [0, 0.1) is 0 Å². The van der Waals surface area contributed by atoms with Crippen LogP contribution < -0.4 is 0 Å². The summed E-state index contributed by atoms with van der Waals surface area (Å²) in [5.74, 6) is -0.0573. The van der Waals surface area contributed by atoms with Crippen LogP contribution in [0.4, 0.5) is 0 Å². The van der Waals surface area contributed by atoms with Gasteiger partial charge in [-0.15, -0.1) is 0 Å². The molecule has 0 saturated heterocycles. The lowest BCUT2D eigenvalue weighted by molar-refractivity contribution is -0.903. The molecule has 1 aromatic carbocycles. The van der Waals surface area contributed by atoms with E-state index >= 15 is 0 Å². The summed E-state index contributed by atoms with van der Waals surface area (Å²) < 4.78 is 6.13. The van der Waals surface area contributed by atoms with Crippen molar-refractivity contribution in [3.05, 3.63) is 35.9 Å². The molecule has 0 atom stereocenters. The molecule has 20 heavy (non-hydrogen) atoms. The van der Waals surface area contributed by atoms with Gasteiger partial charge in [-0.2, -0.15) is 0 Å². The molecule has 0 aliphatic rings. The summed E-state index contributed by atoms with van der Waals surface area (Å²) in [5.41, 5.74) is 1.31. The minimum absolute atomic E-state index is 0.0573. The molecule has 0 amide bonds. The molecule has 0 spiro atoms. The van der Waals surface area contributed by atoms with Gasteiger partial charge in [0.25, 0.3) is 0 Å². The highest BCUT2D eigenvalue weighted by molar-refractivity contribution is 5.69. The molecule has 0 unspecified atom stereocenters. The molecule has 0 fully saturated rings. The van der Waals surface area contributed by atoms with Gasteiger partial charge in [-0.3, -0.25) is 4.79 Å². The zero-order valence-corrected chi connectivity index (χ0v) is 13.1. The van der Waals surface area contributed by atoms with Crippen molar-refractivity contribution in [1.29, 1.82) is 0 Å². The fourth-order valence-corrected chi connectivity index (χ4v) is 2.15. The number of benzene rings is 1. The lowest BCUT2D eigenvalue weighted by Gasteiger charge is -2.29. The van der Waals surface area contributed by atoms with E-state index in [2.05, 4.69) is 45.3 Å². The Labute approximate surface area is 123 Å². The average Bonchev–Trinajstić information content (AvgIpc) is 2.39. The minimum atomic E-state index is -0.0573. The van der Waals surface area contributed by atoms with Crippen LogP contribution in [0.25, 0.3) is 0 Å². The van der Waals surface area contributed by atoms with E-state index in [1.54, 1.807) is 0 Å². The molecule has 0 saturated carbocycles. The second-order valence-electron chi connectivity index (χ2n) is 5.98. The van der Waals surface area contributed by atoms with Gasteiger partial charge in [0.15, 0.2) is 0 Å². The Balaban J connectivity index is 2.24. The highest BCUT2D eigenvalue weighted by atomic mass is 16.5. The number of hydrogen-bond donors (Lipinski definition) is 0. The van der Waals surface area contributed by atoms with Gasteiger partial charge in [0.1, 0.15) is 19.7 Å². The van der Waals surface area contributed by atoms with Crippen molar-refractivity contribution in [1.82, 2.24) is 0 Å². The van der Waals surface area contributed by atoms with Crippen molar-refractivity contribution in [3.8, 4) is 0 Å².